The summed E-state index contributed by atoms with van der Waals surface area (Å²) in [4.78, 5) is 25.0. The van der Waals surface area contributed by atoms with E-state index in [0.717, 1.165) is 18.4 Å². The molecule has 0 atom stereocenters. The summed E-state index contributed by atoms with van der Waals surface area (Å²) >= 11 is 0. The van der Waals surface area contributed by atoms with Gasteiger partial charge in [0.15, 0.2) is 0 Å². The van der Waals surface area contributed by atoms with Gasteiger partial charge in [-0.2, -0.15) is 0 Å². The minimum absolute atomic E-state index is 0.347. The molecule has 0 unspecified atom stereocenters. The fourth-order valence-electron chi connectivity index (χ4n) is 3.07. The van der Waals surface area contributed by atoms with Crippen LogP contribution in [-0.4, -0.2) is 25.0 Å². The van der Waals surface area contributed by atoms with Crippen LogP contribution in [0.1, 0.15) is 46.5 Å². The summed E-state index contributed by atoms with van der Waals surface area (Å²) in [5, 5.41) is 0. The lowest BCUT2D eigenvalue weighted by Crippen LogP contribution is -2.41. The monoisotopic (exact) mass is 446 g/mol. The Balaban J connectivity index is 1.50. The van der Waals surface area contributed by atoms with Gasteiger partial charge in [0.05, 0.1) is 18.8 Å². The maximum atomic E-state index is 12.6. The Kier molecular flexibility index (Phi) is 8.88. The van der Waals surface area contributed by atoms with Gasteiger partial charge in [-0.05, 0) is 54.3 Å². The number of amides is 2. The SMILES string of the molecule is CC(C)CCOc1ccc(C(=O)NNC(=O)c2ccccc2OCCc2ccccc2)cc1. The summed E-state index contributed by atoms with van der Waals surface area (Å²) in [7, 11) is 0. The van der Waals surface area contributed by atoms with Gasteiger partial charge in [0.25, 0.3) is 11.8 Å². The van der Waals surface area contributed by atoms with E-state index in [0.29, 0.717) is 41.8 Å². The predicted octanol–water partition coefficient (Wildman–Crippen LogP) is 4.81. The molecule has 6 nitrogen and oxygen atoms in total. The van der Waals surface area contributed by atoms with Crippen molar-refractivity contribution in [2.75, 3.05) is 13.2 Å². The number of para-hydroxylation sites is 1. The van der Waals surface area contributed by atoms with E-state index in [1.165, 1.54) is 0 Å². The van der Waals surface area contributed by atoms with E-state index in [9.17, 15) is 9.59 Å². The molecule has 3 aromatic carbocycles. The molecule has 0 spiro atoms. The zero-order valence-corrected chi connectivity index (χ0v) is 19.0. The van der Waals surface area contributed by atoms with Crippen LogP contribution in [0.25, 0.3) is 0 Å². The molecule has 2 N–H and O–H groups in total. The van der Waals surface area contributed by atoms with Crippen LogP contribution in [-0.2, 0) is 6.42 Å². The summed E-state index contributed by atoms with van der Waals surface area (Å²) in [5.41, 5.74) is 6.82. The Hall–Kier alpha value is -3.80. The first-order valence-electron chi connectivity index (χ1n) is 11.1. The molecule has 33 heavy (non-hydrogen) atoms. The number of benzene rings is 3. The highest BCUT2D eigenvalue weighted by molar-refractivity contribution is 6.00. The lowest BCUT2D eigenvalue weighted by atomic mass is 10.1. The molecule has 0 bridgehead atoms. The van der Waals surface area contributed by atoms with Gasteiger partial charge in [-0.3, -0.25) is 20.4 Å². The molecular weight excluding hydrogens is 416 g/mol. The molecule has 0 fully saturated rings. The molecule has 2 amide bonds. The average Bonchev–Trinajstić information content (AvgIpc) is 2.83. The van der Waals surface area contributed by atoms with Crippen LogP contribution in [0.5, 0.6) is 11.5 Å². The van der Waals surface area contributed by atoms with Crippen LogP contribution >= 0.6 is 0 Å². The third-order valence-corrected chi connectivity index (χ3v) is 4.99. The molecular formula is C27H30N2O4. The van der Waals surface area contributed by atoms with Gasteiger partial charge in [0.1, 0.15) is 11.5 Å². The lowest BCUT2D eigenvalue weighted by Gasteiger charge is -2.13. The Labute approximate surface area is 194 Å². The highest BCUT2D eigenvalue weighted by atomic mass is 16.5. The minimum Gasteiger partial charge on any atom is -0.494 e. The smallest absolute Gasteiger partial charge is 0.273 e. The van der Waals surface area contributed by atoms with Crippen molar-refractivity contribution >= 4 is 11.8 Å². The van der Waals surface area contributed by atoms with Crippen LogP contribution < -0.4 is 20.3 Å². The quantitative estimate of drug-likeness (QED) is 0.438. The molecule has 0 heterocycles. The zero-order chi connectivity index (χ0) is 23.5. The molecule has 0 aliphatic heterocycles. The standard InChI is InChI=1S/C27H30N2O4/c1-20(2)16-18-32-23-14-12-22(13-15-23)26(30)28-29-27(31)24-10-6-7-11-25(24)33-19-17-21-8-4-3-5-9-21/h3-15,20H,16-19H2,1-2H3,(H,28,30)(H,29,31). The van der Waals surface area contributed by atoms with E-state index in [-0.39, 0.29) is 0 Å². The first kappa shape index (κ1) is 23.9. The maximum absolute atomic E-state index is 12.6. The van der Waals surface area contributed by atoms with Crippen molar-refractivity contribution in [2.45, 2.75) is 26.7 Å². The van der Waals surface area contributed by atoms with E-state index in [2.05, 4.69) is 24.7 Å². The van der Waals surface area contributed by atoms with Crippen molar-refractivity contribution in [1.82, 2.24) is 10.9 Å². The Bertz CT molecular complexity index is 1030. The Morgan fingerprint density at radius 3 is 2.15 bits per heavy atom. The third-order valence-electron chi connectivity index (χ3n) is 4.99. The number of hydrogen-bond donors (Lipinski definition) is 2. The van der Waals surface area contributed by atoms with E-state index in [1.807, 2.05) is 30.3 Å². The largest absolute Gasteiger partial charge is 0.494 e. The molecule has 6 heteroatoms. The number of rotatable bonds is 10. The van der Waals surface area contributed by atoms with E-state index < -0.39 is 11.8 Å². The van der Waals surface area contributed by atoms with Gasteiger partial charge in [0.2, 0.25) is 0 Å². The summed E-state index contributed by atoms with van der Waals surface area (Å²) in [6.07, 6.45) is 1.69. The number of ether oxygens (including phenoxy) is 2. The molecule has 0 radical (unpaired) electrons. The zero-order valence-electron chi connectivity index (χ0n) is 19.0. The van der Waals surface area contributed by atoms with E-state index in [1.54, 1.807) is 48.5 Å². The number of nitrogens with one attached hydrogen (secondary N) is 2. The minimum atomic E-state index is -0.452. The van der Waals surface area contributed by atoms with Crippen LogP contribution in [0.4, 0.5) is 0 Å². The van der Waals surface area contributed by atoms with Crippen molar-refractivity contribution in [3.05, 3.63) is 95.6 Å². The van der Waals surface area contributed by atoms with E-state index >= 15 is 0 Å². The van der Waals surface area contributed by atoms with E-state index in [4.69, 9.17) is 9.47 Å². The summed E-state index contributed by atoms with van der Waals surface area (Å²) in [6.45, 7) is 5.35. The topological polar surface area (TPSA) is 76.7 Å². The first-order valence-corrected chi connectivity index (χ1v) is 11.1. The fourth-order valence-corrected chi connectivity index (χ4v) is 3.07. The number of hydrazine groups is 1. The van der Waals surface area contributed by atoms with Crippen LogP contribution in [0, 0.1) is 5.92 Å². The van der Waals surface area contributed by atoms with Crippen LogP contribution in [0.15, 0.2) is 78.9 Å². The average molecular weight is 447 g/mol. The van der Waals surface area contributed by atoms with Crippen molar-refractivity contribution in [3.8, 4) is 11.5 Å². The van der Waals surface area contributed by atoms with Crippen LogP contribution in [0.3, 0.4) is 0 Å². The first-order chi connectivity index (χ1) is 16.0. The molecule has 3 aromatic rings. The number of hydrogen-bond acceptors (Lipinski definition) is 4. The van der Waals surface area contributed by atoms with Gasteiger partial charge in [0, 0.05) is 12.0 Å². The number of carbonyl (C=O) groups is 2. The summed E-state index contributed by atoms with van der Waals surface area (Å²) in [6, 6.07) is 23.7. The predicted molar refractivity (Wildman–Crippen MR) is 128 cm³/mol. The molecule has 0 saturated heterocycles. The summed E-state index contributed by atoms with van der Waals surface area (Å²) in [5.74, 6) is 0.866. The molecule has 0 aliphatic carbocycles. The summed E-state index contributed by atoms with van der Waals surface area (Å²) < 4.78 is 11.5. The van der Waals surface area contributed by atoms with Crippen molar-refractivity contribution in [2.24, 2.45) is 5.92 Å². The van der Waals surface area contributed by atoms with Gasteiger partial charge in [-0.15, -0.1) is 0 Å². The second kappa shape index (κ2) is 12.3. The highest BCUT2D eigenvalue weighted by Crippen LogP contribution is 2.18. The van der Waals surface area contributed by atoms with Crippen LogP contribution in [0.2, 0.25) is 0 Å². The van der Waals surface area contributed by atoms with Gasteiger partial charge < -0.3 is 9.47 Å². The molecule has 172 valence electrons. The van der Waals surface area contributed by atoms with Gasteiger partial charge in [-0.1, -0.05) is 56.3 Å². The van der Waals surface area contributed by atoms with Gasteiger partial charge >= 0.3 is 0 Å². The van der Waals surface area contributed by atoms with Crippen molar-refractivity contribution < 1.29 is 19.1 Å². The molecule has 0 saturated carbocycles. The highest BCUT2D eigenvalue weighted by Gasteiger charge is 2.14. The van der Waals surface area contributed by atoms with Crippen molar-refractivity contribution in [1.29, 1.82) is 0 Å². The normalized spacial score (nSPS) is 10.5. The molecule has 0 aliphatic rings. The number of carbonyl (C=O) groups excluding carboxylic acids is 2. The van der Waals surface area contributed by atoms with Gasteiger partial charge in [-0.25, -0.2) is 0 Å². The maximum Gasteiger partial charge on any atom is 0.273 e. The second-order valence-electron chi connectivity index (χ2n) is 8.04. The van der Waals surface area contributed by atoms with Crippen molar-refractivity contribution in [3.63, 3.8) is 0 Å². The Morgan fingerprint density at radius 2 is 1.42 bits per heavy atom. The molecule has 3 rings (SSSR count). The lowest BCUT2D eigenvalue weighted by molar-refractivity contribution is 0.0844. The third kappa shape index (κ3) is 7.68. The molecule has 0 aromatic heterocycles. The fraction of sp³-hybridized carbons (Fsp3) is 0.259. The Morgan fingerprint density at radius 1 is 0.758 bits per heavy atom. The second-order valence-corrected chi connectivity index (χ2v) is 8.04.